The summed E-state index contributed by atoms with van der Waals surface area (Å²) in [5, 5.41) is 2.87. The van der Waals surface area contributed by atoms with Crippen LogP contribution in [0.3, 0.4) is 0 Å². The van der Waals surface area contributed by atoms with Crippen molar-refractivity contribution in [2.24, 2.45) is 5.73 Å². The molecule has 0 aliphatic heterocycles. The molecule has 0 fully saturated rings. The highest BCUT2D eigenvalue weighted by atomic mass is 32.2. The van der Waals surface area contributed by atoms with E-state index in [2.05, 4.69) is 11.6 Å². The zero-order valence-corrected chi connectivity index (χ0v) is 13.8. The monoisotopic (exact) mass is 314 g/mol. The van der Waals surface area contributed by atoms with Crippen LogP contribution in [0.5, 0.6) is 0 Å². The number of hydrogen-bond acceptors (Lipinski definition) is 3. The summed E-state index contributed by atoms with van der Waals surface area (Å²) in [5.41, 5.74) is 10.0. The van der Waals surface area contributed by atoms with Gasteiger partial charge in [-0.2, -0.15) is 11.8 Å². The lowest BCUT2D eigenvalue weighted by molar-refractivity contribution is -0.117. The van der Waals surface area contributed by atoms with Crippen LogP contribution < -0.4 is 11.1 Å². The summed E-state index contributed by atoms with van der Waals surface area (Å²) in [6.07, 6.45) is 3.14. The van der Waals surface area contributed by atoms with Gasteiger partial charge in [-0.1, -0.05) is 42.0 Å². The minimum absolute atomic E-state index is 0.194. The number of rotatable bonds is 6. The van der Waals surface area contributed by atoms with E-state index in [4.69, 9.17) is 5.73 Å². The normalized spacial score (nSPS) is 12.0. The number of nitrogens with two attached hydrogens (primary N) is 1. The molecule has 0 aliphatic rings. The predicted octanol–water partition coefficient (Wildman–Crippen LogP) is 3.54. The zero-order valence-electron chi connectivity index (χ0n) is 13.0. The molecular formula is C18H22N2OS. The van der Waals surface area contributed by atoms with Gasteiger partial charge in [0.2, 0.25) is 5.91 Å². The van der Waals surface area contributed by atoms with E-state index in [0.717, 1.165) is 29.0 Å². The summed E-state index contributed by atoms with van der Waals surface area (Å²) in [6, 6.07) is 15.0. The highest BCUT2D eigenvalue weighted by molar-refractivity contribution is 7.98. The van der Waals surface area contributed by atoms with Crippen molar-refractivity contribution in [2.45, 2.75) is 19.4 Å². The second-order valence-electron chi connectivity index (χ2n) is 5.32. The molecule has 3 nitrogen and oxygen atoms in total. The van der Waals surface area contributed by atoms with Crippen molar-refractivity contribution in [3.8, 4) is 0 Å². The first-order valence-corrected chi connectivity index (χ1v) is 8.70. The standard InChI is InChI=1S/C18H22N2OS/c1-13-3-7-15(8-4-13)17(19)18(21)20-16-9-5-14(6-10-16)11-12-22-2/h3-10,17H,11-12,19H2,1-2H3,(H,20,21). The maximum Gasteiger partial charge on any atom is 0.245 e. The Bertz CT molecular complexity index is 608. The highest BCUT2D eigenvalue weighted by Crippen LogP contribution is 2.16. The van der Waals surface area contributed by atoms with E-state index < -0.39 is 6.04 Å². The summed E-state index contributed by atoms with van der Waals surface area (Å²) in [5.74, 6) is 0.907. The molecule has 0 spiro atoms. The molecule has 22 heavy (non-hydrogen) atoms. The van der Waals surface area contributed by atoms with Crippen molar-refractivity contribution in [3.63, 3.8) is 0 Å². The van der Waals surface area contributed by atoms with Crippen LogP contribution in [0, 0.1) is 6.92 Å². The first kappa shape index (κ1) is 16.6. The van der Waals surface area contributed by atoms with Gasteiger partial charge in [0.25, 0.3) is 0 Å². The second kappa shape index (κ2) is 8.01. The van der Waals surface area contributed by atoms with E-state index in [1.54, 1.807) is 0 Å². The number of hydrogen-bond donors (Lipinski definition) is 2. The van der Waals surface area contributed by atoms with Gasteiger partial charge < -0.3 is 11.1 Å². The molecule has 0 bridgehead atoms. The summed E-state index contributed by atoms with van der Waals surface area (Å²) in [6.45, 7) is 2.01. The van der Waals surface area contributed by atoms with Gasteiger partial charge in [-0.05, 0) is 48.6 Å². The Balaban J connectivity index is 1.97. The zero-order chi connectivity index (χ0) is 15.9. The molecule has 2 rings (SSSR count). The van der Waals surface area contributed by atoms with Crippen LogP contribution in [0.2, 0.25) is 0 Å². The SMILES string of the molecule is CSCCc1ccc(NC(=O)C(N)c2ccc(C)cc2)cc1. The number of anilines is 1. The average molecular weight is 314 g/mol. The van der Waals surface area contributed by atoms with Crippen molar-refractivity contribution in [1.29, 1.82) is 0 Å². The van der Waals surface area contributed by atoms with Crippen LogP contribution in [0.1, 0.15) is 22.7 Å². The van der Waals surface area contributed by atoms with Crippen molar-refractivity contribution in [3.05, 3.63) is 65.2 Å². The number of benzene rings is 2. The van der Waals surface area contributed by atoms with E-state index in [0.29, 0.717) is 0 Å². The van der Waals surface area contributed by atoms with Gasteiger partial charge in [0, 0.05) is 5.69 Å². The van der Waals surface area contributed by atoms with E-state index in [9.17, 15) is 4.79 Å². The lowest BCUT2D eigenvalue weighted by atomic mass is 10.1. The fourth-order valence-corrected chi connectivity index (χ4v) is 2.56. The number of thioether (sulfide) groups is 1. The van der Waals surface area contributed by atoms with Gasteiger partial charge in [0.15, 0.2) is 0 Å². The van der Waals surface area contributed by atoms with Crippen molar-refractivity contribution in [2.75, 3.05) is 17.3 Å². The Morgan fingerprint density at radius 1 is 1.14 bits per heavy atom. The molecule has 1 amide bonds. The maximum atomic E-state index is 12.2. The summed E-state index contributed by atoms with van der Waals surface area (Å²) in [4.78, 5) is 12.2. The molecular weight excluding hydrogens is 292 g/mol. The minimum atomic E-state index is -0.656. The van der Waals surface area contributed by atoms with Gasteiger partial charge >= 0.3 is 0 Å². The number of aryl methyl sites for hydroxylation is 2. The number of carbonyl (C=O) groups is 1. The smallest absolute Gasteiger partial charge is 0.245 e. The Kier molecular flexibility index (Phi) is 6.04. The second-order valence-corrected chi connectivity index (χ2v) is 6.30. The van der Waals surface area contributed by atoms with Crippen LogP contribution in [0.4, 0.5) is 5.69 Å². The van der Waals surface area contributed by atoms with Gasteiger partial charge in [-0.25, -0.2) is 0 Å². The highest BCUT2D eigenvalue weighted by Gasteiger charge is 2.15. The molecule has 1 unspecified atom stereocenters. The van der Waals surface area contributed by atoms with E-state index >= 15 is 0 Å². The Hall–Kier alpha value is -1.78. The first-order valence-electron chi connectivity index (χ1n) is 7.31. The molecule has 2 aromatic carbocycles. The first-order chi connectivity index (χ1) is 10.6. The number of carbonyl (C=O) groups excluding carboxylic acids is 1. The largest absolute Gasteiger partial charge is 0.324 e. The molecule has 3 N–H and O–H groups in total. The maximum absolute atomic E-state index is 12.2. The van der Waals surface area contributed by atoms with E-state index in [-0.39, 0.29) is 5.91 Å². The van der Waals surface area contributed by atoms with Gasteiger partial charge in [-0.15, -0.1) is 0 Å². The Labute approximate surface area is 136 Å². The summed E-state index contributed by atoms with van der Waals surface area (Å²) in [7, 11) is 0. The van der Waals surface area contributed by atoms with E-state index in [1.165, 1.54) is 5.56 Å². The van der Waals surface area contributed by atoms with Gasteiger partial charge in [0.1, 0.15) is 6.04 Å². The molecule has 1 atom stereocenters. The van der Waals surface area contributed by atoms with Crippen molar-refractivity contribution in [1.82, 2.24) is 0 Å². The Morgan fingerprint density at radius 2 is 1.77 bits per heavy atom. The topological polar surface area (TPSA) is 55.1 Å². The molecule has 0 radical (unpaired) electrons. The average Bonchev–Trinajstić information content (AvgIpc) is 2.54. The third-order valence-corrected chi connectivity index (χ3v) is 4.15. The Morgan fingerprint density at radius 3 is 2.36 bits per heavy atom. The fourth-order valence-electron chi connectivity index (χ4n) is 2.12. The van der Waals surface area contributed by atoms with Crippen LogP contribution in [-0.4, -0.2) is 17.9 Å². The number of nitrogens with one attached hydrogen (secondary N) is 1. The molecule has 0 saturated heterocycles. The molecule has 4 heteroatoms. The lowest BCUT2D eigenvalue weighted by Crippen LogP contribution is -2.27. The lowest BCUT2D eigenvalue weighted by Gasteiger charge is -2.13. The molecule has 2 aromatic rings. The molecule has 0 saturated carbocycles. The van der Waals surface area contributed by atoms with Gasteiger partial charge in [0.05, 0.1) is 0 Å². The van der Waals surface area contributed by atoms with Crippen LogP contribution in [0.15, 0.2) is 48.5 Å². The third-order valence-electron chi connectivity index (χ3n) is 3.54. The summed E-state index contributed by atoms with van der Waals surface area (Å²) >= 11 is 1.83. The molecule has 0 aromatic heterocycles. The van der Waals surface area contributed by atoms with Crippen LogP contribution in [0.25, 0.3) is 0 Å². The van der Waals surface area contributed by atoms with E-state index in [1.807, 2.05) is 67.2 Å². The van der Waals surface area contributed by atoms with Crippen LogP contribution in [-0.2, 0) is 11.2 Å². The molecule has 0 heterocycles. The quantitative estimate of drug-likeness (QED) is 0.857. The molecule has 0 aliphatic carbocycles. The minimum Gasteiger partial charge on any atom is -0.324 e. The number of amides is 1. The third kappa shape index (κ3) is 4.61. The van der Waals surface area contributed by atoms with Crippen molar-refractivity contribution < 1.29 is 4.79 Å². The fraction of sp³-hybridized carbons (Fsp3) is 0.278. The summed E-state index contributed by atoms with van der Waals surface area (Å²) < 4.78 is 0. The predicted molar refractivity (Wildman–Crippen MR) is 95.3 cm³/mol. The van der Waals surface area contributed by atoms with Crippen LogP contribution >= 0.6 is 11.8 Å². The van der Waals surface area contributed by atoms with Gasteiger partial charge in [-0.3, -0.25) is 4.79 Å². The molecule has 116 valence electrons. The van der Waals surface area contributed by atoms with Crippen molar-refractivity contribution >= 4 is 23.4 Å².